The maximum Gasteiger partial charge on any atom is 0.307 e. The van der Waals surface area contributed by atoms with Crippen molar-refractivity contribution in [3.63, 3.8) is 0 Å². The summed E-state index contributed by atoms with van der Waals surface area (Å²) in [6.07, 6.45) is -0.752. The van der Waals surface area contributed by atoms with Gasteiger partial charge >= 0.3 is 5.97 Å². The maximum atomic E-state index is 14.3. The Kier molecular flexibility index (Phi) is 5.81. The standard InChI is InChI=1S/C29H27F2NO4/c1-15-19(13-22(33)34)25(18-8-6-5-7-17(18)23(15)28(30)31)26-21(36-29(2,3)4)14-20-24-16(10-12-35-20)9-11-32-27(24)26/h5-9,11,14,28H,10,12-13H2,1-4H3,(H,33,34). The number of hydrogen-bond donors (Lipinski definition) is 1. The first kappa shape index (κ1) is 24.0. The molecule has 0 atom stereocenters. The number of benzene rings is 3. The van der Waals surface area contributed by atoms with Crippen molar-refractivity contribution in [1.82, 2.24) is 4.98 Å². The highest BCUT2D eigenvalue weighted by molar-refractivity contribution is 6.11. The predicted molar refractivity (Wildman–Crippen MR) is 135 cm³/mol. The second-order valence-electron chi connectivity index (χ2n) is 10.1. The first-order chi connectivity index (χ1) is 17.1. The summed E-state index contributed by atoms with van der Waals surface area (Å²) in [5, 5.41) is 11.6. The quantitative estimate of drug-likeness (QED) is 0.324. The molecule has 4 aromatic rings. The van der Waals surface area contributed by atoms with Gasteiger partial charge in [0.25, 0.3) is 6.43 Å². The lowest BCUT2D eigenvalue weighted by Crippen LogP contribution is -2.24. The van der Waals surface area contributed by atoms with E-state index >= 15 is 0 Å². The van der Waals surface area contributed by atoms with Crippen molar-refractivity contribution in [2.24, 2.45) is 0 Å². The number of rotatable bonds is 5. The first-order valence-electron chi connectivity index (χ1n) is 11.9. The lowest BCUT2D eigenvalue weighted by molar-refractivity contribution is -0.136. The zero-order valence-corrected chi connectivity index (χ0v) is 20.6. The van der Waals surface area contributed by atoms with Gasteiger partial charge in [-0.3, -0.25) is 9.78 Å². The van der Waals surface area contributed by atoms with E-state index in [1.165, 1.54) is 0 Å². The van der Waals surface area contributed by atoms with Crippen LogP contribution in [0.1, 0.15) is 49.5 Å². The molecule has 1 aliphatic heterocycles. The van der Waals surface area contributed by atoms with Crippen LogP contribution in [0.25, 0.3) is 32.8 Å². The van der Waals surface area contributed by atoms with Crippen LogP contribution in [0, 0.1) is 6.92 Å². The summed E-state index contributed by atoms with van der Waals surface area (Å²) in [6.45, 7) is 7.84. The van der Waals surface area contributed by atoms with E-state index in [1.54, 1.807) is 37.4 Å². The van der Waals surface area contributed by atoms with Crippen LogP contribution in [-0.2, 0) is 17.6 Å². The summed E-state index contributed by atoms with van der Waals surface area (Å²) >= 11 is 0. The molecule has 3 aromatic carbocycles. The number of carboxylic acid groups (broad SMARTS) is 1. The summed E-state index contributed by atoms with van der Waals surface area (Å²) in [7, 11) is 0. The number of hydrogen-bond acceptors (Lipinski definition) is 4. The minimum Gasteiger partial charge on any atom is -0.492 e. The molecule has 1 N–H and O–H groups in total. The minimum absolute atomic E-state index is 0.150. The number of fused-ring (bicyclic) bond motifs is 1. The van der Waals surface area contributed by atoms with Gasteiger partial charge < -0.3 is 14.6 Å². The van der Waals surface area contributed by atoms with Crippen LogP contribution in [-0.4, -0.2) is 28.3 Å². The van der Waals surface area contributed by atoms with Crippen molar-refractivity contribution in [2.75, 3.05) is 6.61 Å². The van der Waals surface area contributed by atoms with Gasteiger partial charge in [-0.05, 0) is 66.8 Å². The number of pyridine rings is 1. The molecule has 0 fully saturated rings. The van der Waals surface area contributed by atoms with E-state index in [4.69, 9.17) is 14.5 Å². The van der Waals surface area contributed by atoms with Crippen molar-refractivity contribution in [3.8, 4) is 22.6 Å². The number of halogens is 2. The van der Waals surface area contributed by atoms with Crippen LogP contribution in [0.3, 0.4) is 0 Å². The maximum absolute atomic E-state index is 14.3. The molecule has 0 radical (unpaired) electrons. The van der Waals surface area contributed by atoms with Crippen molar-refractivity contribution in [1.29, 1.82) is 0 Å². The van der Waals surface area contributed by atoms with Gasteiger partial charge in [-0.15, -0.1) is 0 Å². The Morgan fingerprint density at radius 2 is 1.89 bits per heavy atom. The topological polar surface area (TPSA) is 68.7 Å². The Morgan fingerprint density at radius 3 is 2.56 bits per heavy atom. The van der Waals surface area contributed by atoms with Crippen LogP contribution in [0.5, 0.6) is 11.5 Å². The third-order valence-corrected chi connectivity index (χ3v) is 6.52. The van der Waals surface area contributed by atoms with Gasteiger partial charge in [-0.1, -0.05) is 24.3 Å². The van der Waals surface area contributed by atoms with Crippen LogP contribution < -0.4 is 9.47 Å². The Labute approximate surface area is 207 Å². The molecule has 5 nitrogen and oxygen atoms in total. The second-order valence-corrected chi connectivity index (χ2v) is 10.1. The van der Waals surface area contributed by atoms with E-state index in [0.717, 1.165) is 10.9 Å². The molecule has 0 saturated carbocycles. The van der Waals surface area contributed by atoms with E-state index in [1.807, 2.05) is 32.9 Å². The monoisotopic (exact) mass is 491 g/mol. The molecular formula is C29H27F2NO4. The molecule has 0 amide bonds. The Hall–Kier alpha value is -3.74. The predicted octanol–water partition coefficient (Wildman–Crippen LogP) is 7.04. The highest BCUT2D eigenvalue weighted by Gasteiger charge is 2.30. The molecule has 0 spiro atoms. The molecule has 0 aliphatic carbocycles. The van der Waals surface area contributed by atoms with Gasteiger partial charge in [0.15, 0.2) is 0 Å². The van der Waals surface area contributed by atoms with Crippen LogP contribution in [0.4, 0.5) is 8.78 Å². The third kappa shape index (κ3) is 4.02. The van der Waals surface area contributed by atoms with Crippen LogP contribution in [0.15, 0.2) is 42.6 Å². The molecule has 0 saturated heterocycles. The molecule has 0 bridgehead atoms. The normalized spacial score (nSPS) is 13.3. The summed E-state index contributed by atoms with van der Waals surface area (Å²) in [5.41, 5.74) is 2.65. The van der Waals surface area contributed by atoms with E-state index < -0.39 is 24.4 Å². The Morgan fingerprint density at radius 1 is 1.17 bits per heavy atom. The van der Waals surface area contributed by atoms with Gasteiger partial charge in [0, 0.05) is 29.6 Å². The molecule has 5 rings (SSSR count). The summed E-state index contributed by atoms with van der Waals surface area (Å²) < 4.78 is 41.0. The summed E-state index contributed by atoms with van der Waals surface area (Å²) in [6, 6.07) is 10.7. The van der Waals surface area contributed by atoms with E-state index in [0.29, 0.717) is 57.5 Å². The molecule has 186 valence electrons. The first-order valence-corrected chi connectivity index (χ1v) is 11.9. The smallest absolute Gasteiger partial charge is 0.307 e. The lowest BCUT2D eigenvalue weighted by atomic mass is 9.83. The fourth-order valence-corrected chi connectivity index (χ4v) is 5.18. The largest absolute Gasteiger partial charge is 0.492 e. The molecule has 2 heterocycles. The lowest BCUT2D eigenvalue weighted by Gasteiger charge is -2.28. The fraction of sp³-hybridized carbons (Fsp3) is 0.310. The highest BCUT2D eigenvalue weighted by atomic mass is 19.3. The van der Waals surface area contributed by atoms with Crippen molar-refractivity contribution >= 4 is 27.6 Å². The van der Waals surface area contributed by atoms with Gasteiger partial charge in [0.05, 0.1) is 24.1 Å². The second kappa shape index (κ2) is 8.73. The Balaban J connectivity index is 2.01. The Bertz CT molecular complexity index is 1520. The molecule has 0 unspecified atom stereocenters. The number of carboxylic acids is 1. The number of aliphatic carboxylic acids is 1. The number of aromatic nitrogens is 1. The zero-order valence-electron chi connectivity index (χ0n) is 20.6. The van der Waals surface area contributed by atoms with Gasteiger partial charge in [0.2, 0.25) is 0 Å². The number of ether oxygens (including phenoxy) is 2. The van der Waals surface area contributed by atoms with Crippen LogP contribution >= 0.6 is 0 Å². The third-order valence-electron chi connectivity index (χ3n) is 6.52. The highest BCUT2D eigenvalue weighted by Crippen LogP contribution is 2.50. The molecule has 7 heteroatoms. The van der Waals surface area contributed by atoms with E-state index in [-0.39, 0.29) is 11.1 Å². The van der Waals surface area contributed by atoms with Gasteiger partial charge in [-0.25, -0.2) is 8.78 Å². The minimum atomic E-state index is -2.76. The molecule has 1 aromatic heterocycles. The summed E-state index contributed by atoms with van der Waals surface area (Å²) in [4.78, 5) is 16.7. The SMILES string of the molecule is Cc1c(CC(=O)O)c(-c2c(OC(C)(C)C)cc3c4c(ccnc24)CCO3)c2ccccc2c1C(F)F. The van der Waals surface area contributed by atoms with E-state index in [2.05, 4.69) is 0 Å². The molecular weight excluding hydrogens is 464 g/mol. The number of carbonyl (C=O) groups is 1. The average Bonchev–Trinajstić information content (AvgIpc) is 2.79. The van der Waals surface area contributed by atoms with Crippen molar-refractivity contribution in [2.45, 2.75) is 52.6 Å². The molecule has 1 aliphatic rings. The average molecular weight is 492 g/mol. The van der Waals surface area contributed by atoms with Crippen molar-refractivity contribution in [3.05, 3.63) is 64.8 Å². The van der Waals surface area contributed by atoms with Crippen molar-refractivity contribution < 1.29 is 28.2 Å². The van der Waals surface area contributed by atoms with E-state index in [9.17, 15) is 18.7 Å². The molecule has 36 heavy (non-hydrogen) atoms. The fourth-order valence-electron chi connectivity index (χ4n) is 5.18. The zero-order chi connectivity index (χ0) is 25.8. The van der Waals surface area contributed by atoms with Crippen LogP contribution in [0.2, 0.25) is 0 Å². The summed E-state index contributed by atoms with van der Waals surface area (Å²) in [5.74, 6) is 0.0112. The number of nitrogens with zero attached hydrogens (tertiary/aromatic N) is 1. The van der Waals surface area contributed by atoms with Gasteiger partial charge in [0.1, 0.15) is 17.1 Å². The van der Waals surface area contributed by atoms with Gasteiger partial charge in [-0.2, -0.15) is 0 Å². The number of alkyl halides is 2.